The molecule has 0 spiro atoms. The molecule has 1 aliphatic rings. The first-order valence-corrected chi connectivity index (χ1v) is 5.73. The topological polar surface area (TPSA) is 24.9 Å². The van der Waals surface area contributed by atoms with Gasteiger partial charge in [0.05, 0.1) is 5.01 Å². The monoisotopic (exact) mass is 196 g/mol. The standard InChI is InChI=1S/C10H16N2S/c1-7(11-5-9-3-4-9)10-6-12-8(2)13-10/h6-7,9,11H,3-5H2,1-2H3. The van der Waals surface area contributed by atoms with Crippen molar-refractivity contribution in [3.8, 4) is 0 Å². The highest BCUT2D eigenvalue weighted by Gasteiger charge is 2.21. The molecule has 1 unspecified atom stereocenters. The van der Waals surface area contributed by atoms with E-state index < -0.39 is 0 Å². The van der Waals surface area contributed by atoms with Crippen molar-refractivity contribution in [2.45, 2.75) is 32.7 Å². The van der Waals surface area contributed by atoms with E-state index in [0.717, 1.165) is 10.9 Å². The van der Waals surface area contributed by atoms with Gasteiger partial charge in [0.25, 0.3) is 0 Å². The predicted octanol–water partition coefficient (Wildman–Crippen LogP) is 2.51. The highest BCUT2D eigenvalue weighted by Crippen LogP contribution is 2.29. The molecule has 1 N–H and O–H groups in total. The van der Waals surface area contributed by atoms with Crippen molar-refractivity contribution >= 4 is 11.3 Å². The van der Waals surface area contributed by atoms with Gasteiger partial charge in [-0.1, -0.05) is 0 Å². The molecule has 0 aromatic carbocycles. The molecule has 2 nitrogen and oxygen atoms in total. The summed E-state index contributed by atoms with van der Waals surface area (Å²) in [5, 5.41) is 4.71. The van der Waals surface area contributed by atoms with Crippen LogP contribution in [0.4, 0.5) is 0 Å². The Labute approximate surface area is 83.4 Å². The SMILES string of the molecule is Cc1ncc(C(C)NCC2CC2)s1. The summed E-state index contributed by atoms with van der Waals surface area (Å²) in [4.78, 5) is 5.62. The van der Waals surface area contributed by atoms with Crippen LogP contribution < -0.4 is 5.32 Å². The number of hydrogen-bond acceptors (Lipinski definition) is 3. The summed E-state index contributed by atoms with van der Waals surface area (Å²) in [6.07, 6.45) is 4.83. The summed E-state index contributed by atoms with van der Waals surface area (Å²) < 4.78 is 0. The second-order valence-electron chi connectivity index (χ2n) is 3.85. The Morgan fingerprint density at radius 1 is 1.69 bits per heavy atom. The van der Waals surface area contributed by atoms with Crippen LogP contribution in [0.3, 0.4) is 0 Å². The smallest absolute Gasteiger partial charge is 0.0897 e. The Morgan fingerprint density at radius 2 is 2.46 bits per heavy atom. The maximum Gasteiger partial charge on any atom is 0.0897 e. The van der Waals surface area contributed by atoms with Gasteiger partial charge in [0.1, 0.15) is 0 Å². The maximum atomic E-state index is 4.26. The van der Waals surface area contributed by atoms with Crippen molar-refractivity contribution in [3.05, 3.63) is 16.1 Å². The number of rotatable bonds is 4. The molecule has 0 radical (unpaired) electrons. The number of thiazole rings is 1. The lowest BCUT2D eigenvalue weighted by Gasteiger charge is -2.10. The average Bonchev–Trinajstić information content (AvgIpc) is 2.84. The van der Waals surface area contributed by atoms with E-state index in [1.54, 1.807) is 11.3 Å². The van der Waals surface area contributed by atoms with Gasteiger partial charge in [-0.15, -0.1) is 11.3 Å². The zero-order valence-corrected chi connectivity index (χ0v) is 9.03. The quantitative estimate of drug-likeness (QED) is 0.800. The van der Waals surface area contributed by atoms with E-state index in [4.69, 9.17) is 0 Å². The van der Waals surface area contributed by atoms with Gasteiger partial charge in [-0.2, -0.15) is 0 Å². The van der Waals surface area contributed by atoms with E-state index in [2.05, 4.69) is 24.1 Å². The summed E-state index contributed by atoms with van der Waals surface area (Å²) in [7, 11) is 0. The van der Waals surface area contributed by atoms with E-state index in [9.17, 15) is 0 Å². The number of nitrogens with zero attached hydrogens (tertiary/aromatic N) is 1. The van der Waals surface area contributed by atoms with Crippen LogP contribution in [0, 0.1) is 12.8 Å². The third kappa shape index (κ3) is 2.51. The van der Waals surface area contributed by atoms with Gasteiger partial charge >= 0.3 is 0 Å². The van der Waals surface area contributed by atoms with Gasteiger partial charge < -0.3 is 5.32 Å². The summed E-state index contributed by atoms with van der Waals surface area (Å²) in [5.41, 5.74) is 0. The molecule has 0 aliphatic heterocycles. The molecule has 1 aromatic heterocycles. The molecule has 0 bridgehead atoms. The van der Waals surface area contributed by atoms with Crippen LogP contribution in [0.1, 0.15) is 35.7 Å². The molecular weight excluding hydrogens is 180 g/mol. The molecule has 0 amide bonds. The number of aryl methyl sites for hydroxylation is 1. The fourth-order valence-electron chi connectivity index (χ4n) is 1.34. The lowest BCUT2D eigenvalue weighted by Crippen LogP contribution is -2.20. The minimum absolute atomic E-state index is 0.479. The van der Waals surface area contributed by atoms with Crippen molar-refractivity contribution in [3.63, 3.8) is 0 Å². The van der Waals surface area contributed by atoms with Gasteiger partial charge in [0, 0.05) is 17.1 Å². The fourth-order valence-corrected chi connectivity index (χ4v) is 2.16. The summed E-state index contributed by atoms with van der Waals surface area (Å²) in [6, 6.07) is 0.479. The van der Waals surface area contributed by atoms with Crippen LogP contribution in [0.25, 0.3) is 0 Å². The minimum Gasteiger partial charge on any atom is -0.309 e. The van der Waals surface area contributed by atoms with E-state index in [1.165, 1.54) is 24.3 Å². The van der Waals surface area contributed by atoms with Crippen LogP contribution >= 0.6 is 11.3 Å². The Kier molecular flexibility index (Phi) is 2.65. The van der Waals surface area contributed by atoms with Gasteiger partial charge in [-0.05, 0) is 39.2 Å². The molecule has 0 saturated heterocycles. The lowest BCUT2D eigenvalue weighted by atomic mass is 10.3. The zero-order chi connectivity index (χ0) is 9.26. The molecule has 3 heteroatoms. The maximum absolute atomic E-state index is 4.26. The Hall–Kier alpha value is -0.410. The Morgan fingerprint density at radius 3 is 3.00 bits per heavy atom. The van der Waals surface area contributed by atoms with Crippen LogP contribution in [0.5, 0.6) is 0 Å². The highest BCUT2D eigenvalue weighted by atomic mass is 32.1. The molecule has 1 fully saturated rings. The average molecular weight is 196 g/mol. The first-order valence-electron chi connectivity index (χ1n) is 4.91. The van der Waals surface area contributed by atoms with E-state index in [0.29, 0.717) is 6.04 Å². The Bertz CT molecular complexity index is 278. The van der Waals surface area contributed by atoms with Crippen LogP contribution in [-0.4, -0.2) is 11.5 Å². The molecule has 13 heavy (non-hydrogen) atoms. The van der Waals surface area contributed by atoms with E-state index in [-0.39, 0.29) is 0 Å². The third-order valence-electron chi connectivity index (χ3n) is 2.48. The van der Waals surface area contributed by atoms with Crippen LogP contribution in [0.15, 0.2) is 6.20 Å². The summed E-state index contributed by atoms with van der Waals surface area (Å²) in [5.74, 6) is 0.955. The third-order valence-corrected chi connectivity index (χ3v) is 3.57. The van der Waals surface area contributed by atoms with Gasteiger partial charge in [-0.3, -0.25) is 0 Å². The van der Waals surface area contributed by atoms with Crippen molar-refractivity contribution in [2.24, 2.45) is 5.92 Å². The number of hydrogen-bond donors (Lipinski definition) is 1. The highest BCUT2D eigenvalue weighted by molar-refractivity contribution is 7.11. The molecule has 1 aliphatic carbocycles. The zero-order valence-electron chi connectivity index (χ0n) is 8.21. The Balaban J connectivity index is 1.84. The summed E-state index contributed by atoms with van der Waals surface area (Å²) in [6.45, 7) is 5.45. The molecule has 1 aromatic rings. The van der Waals surface area contributed by atoms with Crippen molar-refractivity contribution in [1.82, 2.24) is 10.3 Å². The van der Waals surface area contributed by atoms with Gasteiger partial charge in [0.15, 0.2) is 0 Å². The number of aromatic nitrogens is 1. The minimum atomic E-state index is 0.479. The van der Waals surface area contributed by atoms with Crippen molar-refractivity contribution in [2.75, 3.05) is 6.54 Å². The van der Waals surface area contributed by atoms with Crippen LogP contribution in [0.2, 0.25) is 0 Å². The fraction of sp³-hybridized carbons (Fsp3) is 0.700. The van der Waals surface area contributed by atoms with Crippen molar-refractivity contribution in [1.29, 1.82) is 0 Å². The molecule has 1 saturated carbocycles. The molecular formula is C10H16N2S. The first-order chi connectivity index (χ1) is 6.25. The predicted molar refractivity (Wildman–Crippen MR) is 56.0 cm³/mol. The van der Waals surface area contributed by atoms with Crippen molar-refractivity contribution < 1.29 is 0 Å². The van der Waals surface area contributed by atoms with Gasteiger partial charge in [0.2, 0.25) is 0 Å². The molecule has 1 atom stereocenters. The largest absolute Gasteiger partial charge is 0.309 e. The lowest BCUT2D eigenvalue weighted by molar-refractivity contribution is 0.554. The molecule has 2 rings (SSSR count). The van der Waals surface area contributed by atoms with E-state index in [1.807, 2.05) is 6.20 Å². The van der Waals surface area contributed by atoms with Crippen LogP contribution in [-0.2, 0) is 0 Å². The molecule has 1 heterocycles. The normalized spacial score (nSPS) is 18.9. The summed E-state index contributed by atoms with van der Waals surface area (Å²) >= 11 is 1.79. The second kappa shape index (κ2) is 3.76. The second-order valence-corrected chi connectivity index (χ2v) is 5.12. The first kappa shape index (κ1) is 9.16. The number of nitrogens with one attached hydrogen (secondary N) is 1. The van der Waals surface area contributed by atoms with E-state index >= 15 is 0 Å². The molecule has 72 valence electrons. The van der Waals surface area contributed by atoms with Gasteiger partial charge in [-0.25, -0.2) is 4.98 Å².